The largest absolute Gasteiger partial charge is 0.543 e. The Morgan fingerprint density at radius 1 is 1.17 bits per heavy atom. The van der Waals surface area contributed by atoms with Gasteiger partial charge in [0.05, 0.1) is 30.6 Å². The molecule has 0 amide bonds. The molecular formula is C28H45N5O6SSi. The van der Waals surface area contributed by atoms with Crippen LogP contribution in [0.2, 0.25) is 18.1 Å². The number of ether oxygens (including phenoxy) is 2. The maximum Gasteiger partial charge on any atom is 0.264 e. The highest BCUT2D eigenvalue weighted by atomic mass is 32.2. The molecule has 41 heavy (non-hydrogen) atoms. The van der Waals surface area contributed by atoms with Gasteiger partial charge in [-0.25, -0.2) is 4.68 Å². The molecule has 1 fully saturated rings. The van der Waals surface area contributed by atoms with Crippen LogP contribution < -0.4 is 4.43 Å². The van der Waals surface area contributed by atoms with Gasteiger partial charge in [-0.3, -0.25) is 4.18 Å². The smallest absolute Gasteiger partial charge is 0.264 e. The Kier molecular flexibility index (Phi) is 9.95. The van der Waals surface area contributed by atoms with Gasteiger partial charge in [0.2, 0.25) is 8.32 Å². The molecule has 228 valence electrons. The van der Waals surface area contributed by atoms with E-state index in [1.807, 2.05) is 10.7 Å². The highest BCUT2D eigenvalue weighted by molar-refractivity contribution is 7.86. The lowest BCUT2D eigenvalue weighted by Gasteiger charge is -2.36. The Morgan fingerprint density at radius 2 is 1.95 bits per heavy atom. The van der Waals surface area contributed by atoms with Crippen LogP contribution in [0.15, 0.2) is 24.4 Å². The van der Waals surface area contributed by atoms with Gasteiger partial charge in [0, 0.05) is 25.2 Å². The van der Waals surface area contributed by atoms with Crippen LogP contribution in [0.3, 0.4) is 0 Å². The monoisotopic (exact) mass is 607 g/mol. The minimum Gasteiger partial charge on any atom is -0.543 e. The van der Waals surface area contributed by atoms with Crippen molar-refractivity contribution in [2.24, 2.45) is 0 Å². The van der Waals surface area contributed by atoms with E-state index in [0.29, 0.717) is 38.3 Å². The number of hydrogen-bond acceptors (Lipinski definition) is 9. The van der Waals surface area contributed by atoms with E-state index in [-0.39, 0.29) is 11.3 Å². The van der Waals surface area contributed by atoms with E-state index >= 15 is 0 Å². The summed E-state index contributed by atoms with van der Waals surface area (Å²) < 4.78 is 47.7. The van der Waals surface area contributed by atoms with Crippen LogP contribution in [0.25, 0.3) is 22.3 Å². The summed E-state index contributed by atoms with van der Waals surface area (Å²) in [6.07, 6.45) is 6.59. The Hall–Kier alpha value is -2.32. The molecule has 0 N–H and O–H groups in total. The number of aryl methyl sites for hydroxylation is 1. The van der Waals surface area contributed by atoms with Crippen LogP contribution in [-0.2, 0) is 30.3 Å². The number of fused-ring (bicyclic) bond motifs is 1. The molecule has 3 heterocycles. The Labute approximate surface area is 244 Å². The van der Waals surface area contributed by atoms with E-state index in [4.69, 9.17) is 28.3 Å². The molecule has 2 atom stereocenters. The first-order valence-corrected chi connectivity index (χ1v) is 19.2. The van der Waals surface area contributed by atoms with Gasteiger partial charge in [-0.2, -0.15) is 28.5 Å². The van der Waals surface area contributed by atoms with E-state index in [1.165, 1.54) is 0 Å². The van der Waals surface area contributed by atoms with Gasteiger partial charge in [-0.15, -0.1) is 0 Å². The van der Waals surface area contributed by atoms with E-state index in [1.54, 1.807) is 17.9 Å². The van der Waals surface area contributed by atoms with Crippen molar-refractivity contribution in [3.05, 3.63) is 24.4 Å². The van der Waals surface area contributed by atoms with Crippen LogP contribution in [0, 0.1) is 0 Å². The third-order valence-corrected chi connectivity index (χ3v) is 12.8. The molecule has 1 aliphatic heterocycles. The molecule has 2 aromatic heterocycles. The van der Waals surface area contributed by atoms with Crippen LogP contribution in [0.1, 0.15) is 66.0 Å². The molecule has 0 saturated carbocycles. The molecule has 4 rings (SSSR count). The molecule has 11 nitrogen and oxygen atoms in total. The minimum atomic E-state index is -3.46. The van der Waals surface area contributed by atoms with E-state index in [0.717, 1.165) is 54.5 Å². The van der Waals surface area contributed by atoms with Crippen molar-refractivity contribution in [3.63, 3.8) is 0 Å². The summed E-state index contributed by atoms with van der Waals surface area (Å²) >= 11 is 0. The fraction of sp³-hybridized carbons (Fsp3) is 0.679. The molecule has 2 unspecified atom stereocenters. The number of rotatable bonds is 13. The first-order chi connectivity index (χ1) is 19.2. The number of hydrogen-bond donors (Lipinski definition) is 0. The highest BCUT2D eigenvalue weighted by Crippen LogP contribution is 2.39. The summed E-state index contributed by atoms with van der Waals surface area (Å²) in [6, 6.07) is 6.20. The number of aromatic nitrogens is 5. The van der Waals surface area contributed by atoms with Crippen LogP contribution in [0.4, 0.5) is 0 Å². The predicted molar refractivity (Wildman–Crippen MR) is 161 cm³/mol. The van der Waals surface area contributed by atoms with Crippen LogP contribution >= 0.6 is 0 Å². The molecule has 13 heteroatoms. The molecule has 0 spiro atoms. The molecule has 1 saturated heterocycles. The van der Waals surface area contributed by atoms with E-state index in [2.05, 4.69) is 51.1 Å². The van der Waals surface area contributed by atoms with E-state index < -0.39 is 24.5 Å². The summed E-state index contributed by atoms with van der Waals surface area (Å²) in [6.45, 7) is 15.2. The molecule has 1 aromatic carbocycles. The predicted octanol–water partition coefficient (Wildman–Crippen LogP) is 5.54. The Bertz CT molecular complexity index is 1410. The molecule has 1 aliphatic rings. The van der Waals surface area contributed by atoms with Crippen molar-refractivity contribution in [1.29, 1.82) is 0 Å². The fourth-order valence-electron chi connectivity index (χ4n) is 4.48. The summed E-state index contributed by atoms with van der Waals surface area (Å²) in [5.41, 5.74) is 2.45. The first-order valence-electron chi connectivity index (χ1n) is 14.4. The number of nitrogens with zero attached hydrogens (tertiary/aromatic N) is 5. The molecule has 0 bridgehead atoms. The molecule has 3 aromatic rings. The maximum absolute atomic E-state index is 11.2. The van der Waals surface area contributed by atoms with Crippen molar-refractivity contribution in [1.82, 2.24) is 24.8 Å². The second-order valence-electron chi connectivity index (χ2n) is 12.3. The zero-order chi connectivity index (χ0) is 29.8. The van der Waals surface area contributed by atoms with Gasteiger partial charge in [0.15, 0.2) is 6.23 Å². The summed E-state index contributed by atoms with van der Waals surface area (Å²) in [4.78, 5) is 1.66. The molecular weight excluding hydrogens is 562 g/mol. The highest BCUT2D eigenvalue weighted by Gasteiger charge is 2.39. The summed E-state index contributed by atoms with van der Waals surface area (Å²) in [5, 5.41) is 15.3. The fourth-order valence-corrected chi connectivity index (χ4v) is 6.19. The second-order valence-corrected chi connectivity index (χ2v) is 18.7. The summed E-state index contributed by atoms with van der Waals surface area (Å²) in [5.74, 6) is 0.843. The quantitative estimate of drug-likeness (QED) is 0.140. The number of benzene rings is 1. The van der Waals surface area contributed by atoms with Crippen molar-refractivity contribution in [2.45, 2.75) is 96.8 Å². The Balaban J connectivity index is 1.47. The maximum atomic E-state index is 11.2. The van der Waals surface area contributed by atoms with Gasteiger partial charge >= 0.3 is 0 Å². The average Bonchev–Trinajstić information content (AvgIpc) is 3.49. The second kappa shape index (κ2) is 12.9. The van der Waals surface area contributed by atoms with Crippen LogP contribution in [-0.4, -0.2) is 73.7 Å². The lowest BCUT2D eigenvalue weighted by molar-refractivity contribution is -0.0365. The topological polar surface area (TPSA) is 120 Å². The standard InChI is InChI=1S/C28H45N5O6SSi/c1-21(38-40(5,34)35)14-18-36-16-10-15-32-29-20-24(30-32)27-23-19-22(39-41(6,7)28(2,3)4)12-13-25(23)33(31-27)26-11-8-9-17-37-26/h12-13,19-21,26H,8-11,14-18H2,1-7H3. The van der Waals surface area contributed by atoms with Gasteiger partial charge in [-0.05, 0) is 75.4 Å². The Morgan fingerprint density at radius 3 is 2.63 bits per heavy atom. The van der Waals surface area contributed by atoms with Crippen molar-refractivity contribution in [3.8, 4) is 17.1 Å². The lowest BCUT2D eigenvalue weighted by atomic mass is 10.1. The van der Waals surface area contributed by atoms with Crippen LogP contribution in [0.5, 0.6) is 5.75 Å². The normalized spacial score (nSPS) is 17.7. The van der Waals surface area contributed by atoms with Crippen molar-refractivity contribution >= 4 is 29.3 Å². The average molecular weight is 608 g/mol. The third-order valence-electron chi connectivity index (χ3n) is 7.72. The zero-order valence-electron chi connectivity index (χ0n) is 25.4. The van der Waals surface area contributed by atoms with Gasteiger partial charge in [0.1, 0.15) is 17.1 Å². The van der Waals surface area contributed by atoms with Gasteiger partial charge < -0.3 is 13.9 Å². The van der Waals surface area contributed by atoms with Crippen molar-refractivity contribution in [2.75, 3.05) is 26.1 Å². The summed E-state index contributed by atoms with van der Waals surface area (Å²) in [7, 11) is -5.48. The van der Waals surface area contributed by atoms with Gasteiger partial charge in [0.25, 0.3) is 10.1 Å². The minimum absolute atomic E-state index is 0.0828. The molecule has 0 aliphatic carbocycles. The SMILES string of the molecule is CC(CCOCCCn1ncc(-c2nn(C3CCCCO3)c3ccc(O[Si](C)(C)C(C)(C)C)cc23)n1)OS(C)(=O)=O. The van der Waals surface area contributed by atoms with Crippen molar-refractivity contribution < 1.29 is 26.5 Å². The lowest BCUT2D eigenvalue weighted by Crippen LogP contribution is -2.43. The first kappa shape index (κ1) is 31.6. The van der Waals surface area contributed by atoms with Gasteiger partial charge in [-0.1, -0.05) is 20.8 Å². The zero-order valence-corrected chi connectivity index (χ0v) is 27.2. The third kappa shape index (κ3) is 8.37. The van der Waals surface area contributed by atoms with E-state index in [9.17, 15) is 8.42 Å². The molecule has 0 radical (unpaired) electrons.